The molecule has 0 aliphatic heterocycles. The number of hydrogen-bond donors (Lipinski definition) is 2. The van der Waals surface area contributed by atoms with Crippen LogP contribution in [-0.4, -0.2) is 14.3 Å². The molecule has 0 unspecified atom stereocenters. The molecule has 1 amide bonds. The molecule has 1 heterocycles. The number of anilines is 1. The smallest absolute Gasteiger partial charge is 0.255 e. The summed E-state index contributed by atoms with van der Waals surface area (Å²) in [6, 6.07) is 16.5. The van der Waals surface area contributed by atoms with E-state index in [0.29, 0.717) is 17.0 Å². The number of rotatable bonds is 6. The minimum absolute atomic E-state index is 0.0597. The summed E-state index contributed by atoms with van der Waals surface area (Å²) in [7, 11) is -3.69. The van der Waals surface area contributed by atoms with E-state index in [1.165, 1.54) is 30.5 Å². The van der Waals surface area contributed by atoms with Crippen LogP contribution in [0, 0.1) is 3.57 Å². The Hall–Kier alpha value is -2.17. The van der Waals surface area contributed by atoms with Crippen molar-refractivity contribution in [1.29, 1.82) is 0 Å². The molecule has 0 spiro atoms. The minimum Gasteiger partial charge on any atom is -0.468 e. The minimum atomic E-state index is -3.69. The zero-order valence-electron chi connectivity index (χ0n) is 13.5. The first kappa shape index (κ1) is 18.6. The third-order valence-corrected chi connectivity index (χ3v) is 5.61. The standard InChI is InChI=1S/C18H15IN2O4S/c19-14-3-1-4-15(11-14)21-18(22)13-6-8-17(9-7-13)26(23,24)20-12-16-5-2-10-25-16/h1-11,20H,12H2,(H,21,22). The summed E-state index contributed by atoms with van der Waals surface area (Å²) in [5.74, 6) is 0.210. The molecule has 26 heavy (non-hydrogen) atoms. The number of amides is 1. The molecule has 8 heteroatoms. The lowest BCUT2D eigenvalue weighted by atomic mass is 10.2. The van der Waals surface area contributed by atoms with Crippen molar-refractivity contribution in [2.45, 2.75) is 11.4 Å². The molecule has 0 saturated heterocycles. The molecule has 0 atom stereocenters. The number of benzene rings is 2. The van der Waals surface area contributed by atoms with Crippen LogP contribution in [0.3, 0.4) is 0 Å². The summed E-state index contributed by atoms with van der Waals surface area (Å²) < 4.78 is 33.1. The highest BCUT2D eigenvalue weighted by atomic mass is 127. The van der Waals surface area contributed by atoms with Gasteiger partial charge in [-0.2, -0.15) is 0 Å². The fourth-order valence-corrected chi connectivity index (χ4v) is 3.75. The Morgan fingerprint density at radius 2 is 1.81 bits per heavy atom. The molecular formula is C18H15IN2O4S. The summed E-state index contributed by atoms with van der Waals surface area (Å²) in [5, 5.41) is 2.78. The van der Waals surface area contributed by atoms with Gasteiger partial charge in [-0.15, -0.1) is 0 Å². The highest BCUT2D eigenvalue weighted by Gasteiger charge is 2.15. The highest BCUT2D eigenvalue weighted by Crippen LogP contribution is 2.15. The van der Waals surface area contributed by atoms with E-state index in [2.05, 4.69) is 32.6 Å². The fraction of sp³-hybridized carbons (Fsp3) is 0.0556. The van der Waals surface area contributed by atoms with Gasteiger partial charge in [-0.05, 0) is 77.2 Å². The molecule has 2 aromatic carbocycles. The van der Waals surface area contributed by atoms with Gasteiger partial charge < -0.3 is 9.73 Å². The molecule has 2 N–H and O–H groups in total. The zero-order chi connectivity index (χ0) is 18.6. The van der Waals surface area contributed by atoms with Gasteiger partial charge in [0.1, 0.15) is 5.76 Å². The van der Waals surface area contributed by atoms with Crippen molar-refractivity contribution in [2.24, 2.45) is 0 Å². The van der Waals surface area contributed by atoms with E-state index in [0.717, 1.165) is 3.57 Å². The lowest BCUT2D eigenvalue weighted by molar-refractivity contribution is 0.102. The summed E-state index contributed by atoms with van der Waals surface area (Å²) in [4.78, 5) is 12.4. The van der Waals surface area contributed by atoms with E-state index < -0.39 is 10.0 Å². The number of nitrogens with one attached hydrogen (secondary N) is 2. The Morgan fingerprint density at radius 3 is 2.46 bits per heavy atom. The van der Waals surface area contributed by atoms with E-state index in [1.54, 1.807) is 18.2 Å². The third-order valence-electron chi connectivity index (χ3n) is 3.53. The maximum Gasteiger partial charge on any atom is 0.255 e. The van der Waals surface area contributed by atoms with Gasteiger partial charge in [0.05, 0.1) is 17.7 Å². The molecule has 0 aliphatic carbocycles. The first-order valence-corrected chi connectivity index (χ1v) is 10.2. The molecule has 134 valence electrons. The molecule has 0 radical (unpaired) electrons. The second-order valence-corrected chi connectivity index (χ2v) is 8.41. The van der Waals surface area contributed by atoms with Gasteiger partial charge in [-0.3, -0.25) is 4.79 Å². The topological polar surface area (TPSA) is 88.4 Å². The van der Waals surface area contributed by atoms with Crippen LogP contribution in [0.1, 0.15) is 16.1 Å². The normalized spacial score (nSPS) is 11.3. The monoisotopic (exact) mass is 482 g/mol. The molecular weight excluding hydrogens is 467 g/mol. The van der Waals surface area contributed by atoms with Gasteiger partial charge in [0.2, 0.25) is 10.0 Å². The van der Waals surface area contributed by atoms with Gasteiger partial charge >= 0.3 is 0 Å². The molecule has 3 aromatic rings. The van der Waals surface area contributed by atoms with Gasteiger partial charge in [0.15, 0.2) is 0 Å². The molecule has 1 aromatic heterocycles. The number of carbonyl (C=O) groups is 1. The van der Waals surface area contributed by atoms with Gasteiger partial charge in [-0.25, -0.2) is 13.1 Å². The predicted molar refractivity (Wildman–Crippen MR) is 106 cm³/mol. The number of hydrogen-bond acceptors (Lipinski definition) is 4. The zero-order valence-corrected chi connectivity index (χ0v) is 16.5. The Labute approximate surface area is 164 Å². The van der Waals surface area contributed by atoms with Crippen LogP contribution in [0.4, 0.5) is 5.69 Å². The largest absolute Gasteiger partial charge is 0.468 e. The van der Waals surface area contributed by atoms with Crippen molar-refractivity contribution in [3.63, 3.8) is 0 Å². The van der Waals surface area contributed by atoms with E-state index in [1.807, 2.05) is 18.2 Å². The Morgan fingerprint density at radius 1 is 1.04 bits per heavy atom. The maximum atomic E-state index is 12.3. The van der Waals surface area contributed by atoms with Crippen LogP contribution < -0.4 is 10.0 Å². The Balaban J connectivity index is 1.68. The molecule has 0 aliphatic rings. The summed E-state index contributed by atoms with van der Waals surface area (Å²) in [6.07, 6.45) is 1.48. The maximum absolute atomic E-state index is 12.3. The van der Waals surface area contributed by atoms with Crippen molar-refractivity contribution in [2.75, 3.05) is 5.32 Å². The number of halogens is 1. The van der Waals surface area contributed by atoms with Crippen molar-refractivity contribution >= 4 is 44.2 Å². The lowest BCUT2D eigenvalue weighted by Crippen LogP contribution is -2.23. The highest BCUT2D eigenvalue weighted by molar-refractivity contribution is 14.1. The summed E-state index contributed by atoms with van der Waals surface area (Å²) in [5.41, 5.74) is 1.05. The second-order valence-electron chi connectivity index (χ2n) is 5.39. The van der Waals surface area contributed by atoms with Crippen molar-refractivity contribution < 1.29 is 17.6 Å². The third kappa shape index (κ3) is 4.71. The van der Waals surface area contributed by atoms with Gasteiger partial charge in [-0.1, -0.05) is 6.07 Å². The van der Waals surface area contributed by atoms with Crippen LogP contribution in [-0.2, 0) is 16.6 Å². The van der Waals surface area contributed by atoms with Crippen molar-refractivity contribution in [3.8, 4) is 0 Å². The van der Waals surface area contributed by atoms with Crippen LogP contribution in [0.2, 0.25) is 0 Å². The average molecular weight is 482 g/mol. The average Bonchev–Trinajstić information content (AvgIpc) is 3.14. The van der Waals surface area contributed by atoms with Crippen molar-refractivity contribution in [1.82, 2.24) is 4.72 Å². The predicted octanol–water partition coefficient (Wildman–Crippen LogP) is 3.62. The molecule has 0 bridgehead atoms. The van der Waals surface area contributed by atoms with Crippen LogP contribution in [0.25, 0.3) is 0 Å². The van der Waals surface area contributed by atoms with Gasteiger partial charge in [0, 0.05) is 14.8 Å². The molecule has 0 saturated carbocycles. The summed E-state index contributed by atoms with van der Waals surface area (Å²) in [6.45, 7) is 0.0597. The summed E-state index contributed by atoms with van der Waals surface area (Å²) >= 11 is 2.16. The first-order valence-electron chi connectivity index (χ1n) is 7.63. The van der Waals surface area contributed by atoms with Crippen LogP contribution >= 0.6 is 22.6 Å². The van der Waals surface area contributed by atoms with E-state index in [-0.39, 0.29) is 17.3 Å². The second kappa shape index (κ2) is 8.02. The molecule has 3 rings (SSSR count). The van der Waals surface area contributed by atoms with E-state index >= 15 is 0 Å². The van der Waals surface area contributed by atoms with Crippen LogP contribution in [0.15, 0.2) is 76.2 Å². The van der Waals surface area contributed by atoms with E-state index in [4.69, 9.17) is 4.42 Å². The fourth-order valence-electron chi connectivity index (χ4n) is 2.22. The molecule has 0 fully saturated rings. The van der Waals surface area contributed by atoms with Crippen LogP contribution in [0.5, 0.6) is 0 Å². The van der Waals surface area contributed by atoms with E-state index in [9.17, 15) is 13.2 Å². The number of sulfonamides is 1. The molecule has 6 nitrogen and oxygen atoms in total. The SMILES string of the molecule is O=C(Nc1cccc(I)c1)c1ccc(S(=O)(=O)NCc2ccco2)cc1. The van der Waals surface area contributed by atoms with Gasteiger partial charge in [0.25, 0.3) is 5.91 Å². The first-order chi connectivity index (χ1) is 12.4. The Bertz CT molecular complexity index is 1000. The Kier molecular flexibility index (Phi) is 5.74. The number of furan rings is 1. The lowest BCUT2D eigenvalue weighted by Gasteiger charge is -2.08. The quantitative estimate of drug-likeness (QED) is 0.526. The number of carbonyl (C=O) groups excluding carboxylic acids is 1. The van der Waals surface area contributed by atoms with Crippen molar-refractivity contribution in [3.05, 3.63) is 81.8 Å².